The molecule has 1 aromatic carbocycles. The van der Waals surface area contributed by atoms with Crippen molar-refractivity contribution < 1.29 is 18.7 Å². The van der Waals surface area contributed by atoms with E-state index < -0.39 is 29.2 Å². The van der Waals surface area contributed by atoms with Crippen LogP contribution in [0.3, 0.4) is 0 Å². The summed E-state index contributed by atoms with van der Waals surface area (Å²) in [4.78, 5) is 11.6. The minimum Gasteiger partial charge on any atom is -0.393 e. The van der Waals surface area contributed by atoms with E-state index in [-0.39, 0.29) is 10.5 Å². The van der Waals surface area contributed by atoms with Crippen molar-refractivity contribution in [2.75, 3.05) is 0 Å². The molecule has 0 atom stereocenters. The van der Waals surface area contributed by atoms with Gasteiger partial charge < -0.3 is 10.4 Å². The second-order valence-electron chi connectivity index (χ2n) is 4.04. The monoisotopic (exact) mass is 305 g/mol. The molecule has 0 aliphatic heterocycles. The molecular weight excluding hydrogens is 296 g/mol. The number of amides is 1. The van der Waals surface area contributed by atoms with Gasteiger partial charge in [-0.25, -0.2) is 8.78 Å². The number of carbonyl (C=O) groups is 1. The number of rotatable bonds is 2. The Bertz CT molecular complexity index is 438. The van der Waals surface area contributed by atoms with Crippen LogP contribution in [0.4, 0.5) is 8.78 Å². The highest BCUT2D eigenvalue weighted by molar-refractivity contribution is 9.10. The Balaban J connectivity index is 2.14. The first-order valence-electron chi connectivity index (χ1n) is 5.11. The van der Waals surface area contributed by atoms with Crippen LogP contribution < -0.4 is 5.32 Å². The topological polar surface area (TPSA) is 49.3 Å². The maximum Gasteiger partial charge on any atom is 0.257 e. The number of carbonyl (C=O) groups excluding carboxylic acids is 1. The van der Waals surface area contributed by atoms with Crippen LogP contribution in [0.5, 0.6) is 0 Å². The molecule has 1 aliphatic rings. The van der Waals surface area contributed by atoms with E-state index in [9.17, 15) is 13.6 Å². The summed E-state index contributed by atoms with van der Waals surface area (Å²) in [5.74, 6) is -2.60. The molecule has 1 aromatic rings. The van der Waals surface area contributed by atoms with E-state index in [1.54, 1.807) is 0 Å². The highest BCUT2D eigenvalue weighted by Gasteiger charge is 2.30. The molecule has 6 heteroatoms. The predicted octanol–water partition coefficient (Wildman–Crippen LogP) is 1.98. The van der Waals surface area contributed by atoms with E-state index in [1.165, 1.54) is 0 Å². The SMILES string of the molecule is O=C(NC1CC(O)C1)c1c(F)cc(Br)cc1F. The zero-order valence-corrected chi connectivity index (χ0v) is 10.3. The second kappa shape index (κ2) is 4.70. The molecule has 0 saturated heterocycles. The molecule has 0 bridgehead atoms. The molecule has 3 nitrogen and oxygen atoms in total. The van der Waals surface area contributed by atoms with E-state index in [2.05, 4.69) is 21.2 Å². The van der Waals surface area contributed by atoms with Gasteiger partial charge in [-0.1, -0.05) is 15.9 Å². The first-order valence-corrected chi connectivity index (χ1v) is 5.90. The number of benzene rings is 1. The minimum atomic E-state index is -0.908. The average molecular weight is 306 g/mol. The van der Waals surface area contributed by atoms with Crippen molar-refractivity contribution >= 4 is 21.8 Å². The molecule has 1 aliphatic carbocycles. The third-order valence-electron chi connectivity index (χ3n) is 2.68. The summed E-state index contributed by atoms with van der Waals surface area (Å²) in [5.41, 5.74) is -0.588. The third-order valence-corrected chi connectivity index (χ3v) is 3.14. The molecule has 1 saturated carbocycles. The fraction of sp³-hybridized carbons (Fsp3) is 0.364. The first-order chi connectivity index (χ1) is 7.97. The van der Waals surface area contributed by atoms with Crippen LogP contribution in [0.25, 0.3) is 0 Å². The van der Waals surface area contributed by atoms with Crippen LogP contribution in [0.2, 0.25) is 0 Å². The van der Waals surface area contributed by atoms with Gasteiger partial charge >= 0.3 is 0 Å². The maximum atomic E-state index is 13.4. The Labute approximate surface area is 105 Å². The molecule has 1 amide bonds. The summed E-state index contributed by atoms with van der Waals surface area (Å²) in [5, 5.41) is 11.5. The maximum absolute atomic E-state index is 13.4. The van der Waals surface area contributed by atoms with Gasteiger partial charge in [-0.05, 0) is 25.0 Å². The molecule has 17 heavy (non-hydrogen) atoms. The van der Waals surface area contributed by atoms with Crippen molar-refractivity contribution in [2.45, 2.75) is 25.0 Å². The second-order valence-corrected chi connectivity index (χ2v) is 4.96. The van der Waals surface area contributed by atoms with Crippen LogP contribution in [0.15, 0.2) is 16.6 Å². The van der Waals surface area contributed by atoms with Gasteiger partial charge in [0.25, 0.3) is 5.91 Å². The van der Waals surface area contributed by atoms with Gasteiger partial charge in [0.2, 0.25) is 0 Å². The third kappa shape index (κ3) is 2.63. The summed E-state index contributed by atoms with van der Waals surface area (Å²) in [7, 11) is 0. The molecule has 92 valence electrons. The summed E-state index contributed by atoms with van der Waals surface area (Å²) in [6.45, 7) is 0. The van der Waals surface area contributed by atoms with Gasteiger partial charge in [0, 0.05) is 10.5 Å². The van der Waals surface area contributed by atoms with E-state index in [1.807, 2.05) is 0 Å². The van der Waals surface area contributed by atoms with Crippen molar-refractivity contribution in [2.24, 2.45) is 0 Å². The largest absolute Gasteiger partial charge is 0.393 e. The molecule has 0 radical (unpaired) electrons. The lowest BCUT2D eigenvalue weighted by atomic mass is 9.89. The van der Waals surface area contributed by atoms with Crippen molar-refractivity contribution in [3.63, 3.8) is 0 Å². The lowest BCUT2D eigenvalue weighted by Gasteiger charge is -2.31. The van der Waals surface area contributed by atoms with Gasteiger partial charge in [-0.15, -0.1) is 0 Å². The fourth-order valence-electron chi connectivity index (χ4n) is 1.72. The van der Waals surface area contributed by atoms with Crippen molar-refractivity contribution in [3.8, 4) is 0 Å². The van der Waals surface area contributed by atoms with Crippen molar-refractivity contribution in [1.29, 1.82) is 0 Å². The van der Waals surface area contributed by atoms with Crippen LogP contribution in [0, 0.1) is 11.6 Å². The van der Waals surface area contributed by atoms with E-state index >= 15 is 0 Å². The number of hydrogen-bond acceptors (Lipinski definition) is 2. The molecule has 2 N–H and O–H groups in total. The van der Waals surface area contributed by atoms with Gasteiger partial charge in [0.05, 0.1) is 6.10 Å². The zero-order chi connectivity index (χ0) is 12.6. The molecule has 0 heterocycles. The van der Waals surface area contributed by atoms with Gasteiger partial charge in [0.1, 0.15) is 17.2 Å². The lowest BCUT2D eigenvalue weighted by molar-refractivity contribution is 0.0559. The van der Waals surface area contributed by atoms with Crippen molar-refractivity contribution in [1.82, 2.24) is 5.32 Å². The summed E-state index contributed by atoms with van der Waals surface area (Å²) >= 11 is 2.94. The van der Waals surface area contributed by atoms with Gasteiger partial charge in [0.15, 0.2) is 0 Å². The van der Waals surface area contributed by atoms with Crippen LogP contribution in [-0.4, -0.2) is 23.2 Å². The number of aliphatic hydroxyl groups is 1. The Hall–Kier alpha value is -1.01. The predicted molar refractivity (Wildman–Crippen MR) is 60.6 cm³/mol. The number of halogens is 3. The standard InChI is InChI=1S/C11H10BrF2NO2/c12-5-1-8(13)10(9(14)2-5)11(17)15-6-3-7(16)4-6/h1-2,6-7,16H,3-4H2,(H,15,17). The number of hydrogen-bond donors (Lipinski definition) is 2. The molecular formula is C11H10BrF2NO2. The van der Waals surface area contributed by atoms with Gasteiger partial charge in [-0.2, -0.15) is 0 Å². The highest BCUT2D eigenvalue weighted by Crippen LogP contribution is 2.22. The van der Waals surface area contributed by atoms with Crippen LogP contribution in [0.1, 0.15) is 23.2 Å². The molecule has 0 unspecified atom stereocenters. The van der Waals surface area contributed by atoms with Gasteiger partial charge in [-0.3, -0.25) is 4.79 Å². The van der Waals surface area contributed by atoms with E-state index in [4.69, 9.17) is 5.11 Å². The summed E-state index contributed by atoms with van der Waals surface area (Å²) in [6, 6.07) is 1.86. The fourth-order valence-corrected chi connectivity index (χ4v) is 2.12. The average Bonchev–Trinajstić information content (AvgIpc) is 2.13. The van der Waals surface area contributed by atoms with E-state index in [0.717, 1.165) is 12.1 Å². The zero-order valence-electron chi connectivity index (χ0n) is 8.71. The number of aliphatic hydroxyl groups excluding tert-OH is 1. The molecule has 0 aromatic heterocycles. The van der Waals surface area contributed by atoms with Crippen LogP contribution in [-0.2, 0) is 0 Å². The van der Waals surface area contributed by atoms with Crippen LogP contribution >= 0.6 is 15.9 Å². The summed E-state index contributed by atoms with van der Waals surface area (Å²) in [6.07, 6.45) is 0.414. The highest BCUT2D eigenvalue weighted by atomic mass is 79.9. The first kappa shape index (κ1) is 12.4. The number of nitrogens with one attached hydrogen (secondary N) is 1. The molecule has 1 fully saturated rings. The molecule has 0 spiro atoms. The molecule has 2 rings (SSSR count). The summed E-state index contributed by atoms with van der Waals surface area (Å²) < 4.78 is 27.1. The lowest BCUT2D eigenvalue weighted by Crippen LogP contribution is -2.47. The Morgan fingerprint density at radius 3 is 2.35 bits per heavy atom. The quantitative estimate of drug-likeness (QED) is 0.878. The van der Waals surface area contributed by atoms with Crippen molar-refractivity contribution in [3.05, 3.63) is 33.8 Å². The Morgan fingerprint density at radius 2 is 1.88 bits per heavy atom. The van der Waals surface area contributed by atoms with E-state index in [0.29, 0.717) is 12.8 Å². The smallest absolute Gasteiger partial charge is 0.257 e. The Kier molecular flexibility index (Phi) is 3.44. The minimum absolute atomic E-state index is 0.208. The normalized spacial score (nSPS) is 23.1. The Morgan fingerprint density at radius 1 is 1.35 bits per heavy atom.